The van der Waals surface area contributed by atoms with Crippen LogP contribution in [0.4, 0.5) is 5.00 Å². The molecule has 1 unspecified atom stereocenters. The summed E-state index contributed by atoms with van der Waals surface area (Å²) in [5.41, 5.74) is 2.99. The molecule has 5 heteroatoms. The number of benzene rings is 1. The molecule has 0 fully saturated rings. The van der Waals surface area contributed by atoms with Crippen LogP contribution in [0.3, 0.4) is 0 Å². The second-order valence-corrected chi connectivity index (χ2v) is 7.33. The predicted molar refractivity (Wildman–Crippen MR) is 97.2 cm³/mol. The van der Waals surface area contributed by atoms with E-state index in [4.69, 9.17) is 0 Å². The van der Waals surface area contributed by atoms with Crippen LogP contribution in [0, 0.1) is 11.3 Å². The number of thiophene rings is 1. The molecule has 4 nitrogen and oxygen atoms in total. The molecule has 1 N–H and O–H groups in total. The lowest BCUT2D eigenvalue weighted by Crippen LogP contribution is -2.32. The molecule has 1 aromatic carbocycles. The highest BCUT2D eigenvalue weighted by molar-refractivity contribution is 7.16. The lowest BCUT2D eigenvalue weighted by Gasteiger charge is -2.24. The zero-order chi connectivity index (χ0) is 17.1. The first kappa shape index (κ1) is 16.7. The van der Waals surface area contributed by atoms with Gasteiger partial charge in [0.2, 0.25) is 5.91 Å². The summed E-state index contributed by atoms with van der Waals surface area (Å²) in [4.78, 5) is 15.7. The highest BCUT2D eigenvalue weighted by Crippen LogP contribution is 2.38. The number of nitrogens with one attached hydrogen (secondary N) is 1. The molecule has 2 aromatic rings. The van der Waals surface area contributed by atoms with E-state index in [1.165, 1.54) is 10.4 Å². The minimum Gasteiger partial charge on any atom is -0.315 e. The lowest BCUT2D eigenvalue weighted by atomic mass is 10.1. The summed E-state index contributed by atoms with van der Waals surface area (Å²) in [7, 11) is 1.94. The van der Waals surface area contributed by atoms with Gasteiger partial charge in [0, 0.05) is 10.9 Å². The molecular formula is C19H21N3OS. The average Bonchev–Trinajstić information content (AvgIpc) is 3.15. The first-order chi connectivity index (χ1) is 11.6. The standard InChI is InChI=1S/C19H21N3OS/c1-13(14-7-4-3-5-8-14)22(2)12-18(23)21-19-16(11-20)15-9-6-10-17(15)24-19/h3-5,7-8,13H,6,9-10,12H2,1-2H3,(H,21,23). The largest absolute Gasteiger partial charge is 0.315 e. The van der Waals surface area contributed by atoms with Crippen LogP contribution in [0.1, 0.15) is 41.0 Å². The van der Waals surface area contributed by atoms with E-state index in [2.05, 4.69) is 30.4 Å². The zero-order valence-electron chi connectivity index (χ0n) is 14.0. The number of carbonyl (C=O) groups is 1. The van der Waals surface area contributed by atoms with Gasteiger partial charge in [-0.15, -0.1) is 11.3 Å². The topological polar surface area (TPSA) is 56.1 Å². The van der Waals surface area contributed by atoms with Crippen molar-refractivity contribution in [2.75, 3.05) is 18.9 Å². The summed E-state index contributed by atoms with van der Waals surface area (Å²) < 4.78 is 0. The van der Waals surface area contributed by atoms with Crippen molar-refractivity contribution in [1.29, 1.82) is 5.26 Å². The van der Waals surface area contributed by atoms with E-state index in [0.29, 0.717) is 17.1 Å². The molecule has 1 aromatic heterocycles. The van der Waals surface area contributed by atoms with Crippen molar-refractivity contribution in [2.45, 2.75) is 32.2 Å². The number of fused-ring (bicyclic) bond motifs is 1. The summed E-state index contributed by atoms with van der Waals surface area (Å²) in [5.74, 6) is -0.0725. The molecule has 0 aliphatic heterocycles. The third kappa shape index (κ3) is 3.35. The molecule has 0 saturated carbocycles. The fourth-order valence-corrected chi connectivity index (χ4v) is 4.38. The van der Waals surface area contributed by atoms with Crippen LogP contribution in [0.25, 0.3) is 0 Å². The highest BCUT2D eigenvalue weighted by atomic mass is 32.1. The fourth-order valence-electron chi connectivity index (χ4n) is 3.13. The molecule has 3 rings (SSSR count). The lowest BCUT2D eigenvalue weighted by molar-refractivity contribution is -0.117. The van der Waals surface area contributed by atoms with Crippen LogP contribution in [0.15, 0.2) is 30.3 Å². The zero-order valence-corrected chi connectivity index (χ0v) is 14.8. The van der Waals surface area contributed by atoms with Crippen molar-refractivity contribution >= 4 is 22.2 Å². The van der Waals surface area contributed by atoms with Crippen molar-refractivity contribution in [3.05, 3.63) is 51.9 Å². The smallest absolute Gasteiger partial charge is 0.239 e. The quantitative estimate of drug-likeness (QED) is 0.903. The maximum absolute atomic E-state index is 12.4. The van der Waals surface area contributed by atoms with Gasteiger partial charge in [-0.1, -0.05) is 30.3 Å². The maximum atomic E-state index is 12.4. The van der Waals surface area contributed by atoms with E-state index in [9.17, 15) is 10.1 Å². The Kier molecular flexibility index (Phi) is 4.98. The Labute approximate surface area is 146 Å². The Balaban J connectivity index is 1.65. The number of rotatable bonds is 5. The molecule has 24 heavy (non-hydrogen) atoms. The van der Waals surface area contributed by atoms with E-state index in [1.54, 1.807) is 11.3 Å². The van der Waals surface area contributed by atoms with Crippen LogP contribution >= 0.6 is 11.3 Å². The molecule has 0 bridgehead atoms. The van der Waals surface area contributed by atoms with Gasteiger partial charge in [-0.25, -0.2) is 0 Å². The number of carbonyl (C=O) groups excluding carboxylic acids is 1. The van der Waals surface area contributed by atoms with Gasteiger partial charge in [0.1, 0.15) is 11.1 Å². The molecule has 1 aliphatic carbocycles. The van der Waals surface area contributed by atoms with E-state index < -0.39 is 0 Å². The molecular weight excluding hydrogens is 318 g/mol. The Morgan fingerprint density at radius 2 is 2.12 bits per heavy atom. The van der Waals surface area contributed by atoms with Gasteiger partial charge >= 0.3 is 0 Å². The SMILES string of the molecule is CC(c1ccccc1)N(C)CC(=O)Nc1sc2c(c1C#N)CCC2. The van der Waals surface area contributed by atoms with E-state index in [-0.39, 0.29) is 11.9 Å². The molecule has 0 spiro atoms. The van der Waals surface area contributed by atoms with Gasteiger partial charge in [-0.05, 0) is 44.4 Å². The predicted octanol–water partition coefficient (Wildman–Crippen LogP) is 3.74. The minimum absolute atomic E-state index is 0.0725. The summed E-state index contributed by atoms with van der Waals surface area (Å²) in [6, 6.07) is 12.6. The highest BCUT2D eigenvalue weighted by Gasteiger charge is 2.23. The van der Waals surface area contributed by atoms with Crippen LogP contribution in [-0.4, -0.2) is 24.4 Å². The Hall–Kier alpha value is -2.16. The molecule has 0 radical (unpaired) electrons. The van der Waals surface area contributed by atoms with Gasteiger partial charge in [0.25, 0.3) is 0 Å². The average molecular weight is 339 g/mol. The molecule has 1 atom stereocenters. The van der Waals surface area contributed by atoms with Gasteiger partial charge in [-0.3, -0.25) is 9.69 Å². The van der Waals surface area contributed by atoms with Crippen molar-refractivity contribution in [2.24, 2.45) is 0 Å². The second-order valence-electron chi connectivity index (χ2n) is 6.22. The number of nitriles is 1. The van der Waals surface area contributed by atoms with Gasteiger partial charge < -0.3 is 5.32 Å². The molecule has 124 valence electrons. The molecule has 1 heterocycles. The fraction of sp³-hybridized carbons (Fsp3) is 0.368. The number of likely N-dealkylation sites (N-methyl/N-ethyl adjacent to an activating group) is 1. The molecule has 1 amide bonds. The Morgan fingerprint density at radius 3 is 2.83 bits per heavy atom. The third-order valence-corrected chi connectivity index (χ3v) is 5.83. The number of hydrogen-bond donors (Lipinski definition) is 1. The minimum atomic E-state index is -0.0725. The monoisotopic (exact) mass is 339 g/mol. The van der Waals surface area contributed by atoms with E-state index >= 15 is 0 Å². The van der Waals surface area contributed by atoms with Crippen molar-refractivity contribution in [1.82, 2.24) is 4.90 Å². The number of hydrogen-bond acceptors (Lipinski definition) is 4. The number of anilines is 1. The second kappa shape index (κ2) is 7.16. The summed E-state index contributed by atoms with van der Waals surface area (Å²) in [5, 5.41) is 13.1. The third-order valence-electron chi connectivity index (χ3n) is 4.62. The first-order valence-corrected chi connectivity index (χ1v) is 9.01. The van der Waals surface area contributed by atoms with Crippen LogP contribution in [0.2, 0.25) is 0 Å². The molecule has 0 saturated heterocycles. The maximum Gasteiger partial charge on any atom is 0.239 e. The summed E-state index contributed by atoms with van der Waals surface area (Å²) >= 11 is 1.56. The Bertz CT molecular complexity index is 776. The Morgan fingerprint density at radius 1 is 1.38 bits per heavy atom. The van der Waals surface area contributed by atoms with E-state index in [1.807, 2.05) is 30.1 Å². The van der Waals surface area contributed by atoms with Crippen LogP contribution in [0.5, 0.6) is 0 Å². The number of amides is 1. The summed E-state index contributed by atoms with van der Waals surface area (Å²) in [6.07, 6.45) is 3.09. The summed E-state index contributed by atoms with van der Waals surface area (Å²) in [6.45, 7) is 2.38. The van der Waals surface area contributed by atoms with E-state index in [0.717, 1.165) is 24.8 Å². The number of aryl methyl sites for hydroxylation is 1. The van der Waals surface area contributed by atoms with Crippen LogP contribution < -0.4 is 5.32 Å². The normalized spacial score (nSPS) is 14.2. The van der Waals surface area contributed by atoms with Gasteiger partial charge in [0.05, 0.1) is 12.1 Å². The van der Waals surface area contributed by atoms with Crippen molar-refractivity contribution in [3.63, 3.8) is 0 Å². The first-order valence-electron chi connectivity index (χ1n) is 8.19. The van der Waals surface area contributed by atoms with Crippen molar-refractivity contribution in [3.8, 4) is 6.07 Å². The molecule has 1 aliphatic rings. The van der Waals surface area contributed by atoms with Gasteiger partial charge in [-0.2, -0.15) is 5.26 Å². The van der Waals surface area contributed by atoms with Crippen molar-refractivity contribution < 1.29 is 4.79 Å². The number of nitrogens with zero attached hydrogens (tertiary/aromatic N) is 2. The van der Waals surface area contributed by atoms with Gasteiger partial charge in [0.15, 0.2) is 0 Å². The van der Waals surface area contributed by atoms with Crippen LogP contribution in [-0.2, 0) is 17.6 Å².